The molecule has 0 aromatic heterocycles. The Balaban J connectivity index is 0.000000212. The first-order valence-electron chi connectivity index (χ1n) is 5.07. The van der Waals surface area contributed by atoms with Crippen molar-refractivity contribution >= 4 is 12.6 Å². The van der Waals surface area contributed by atoms with Crippen molar-refractivity contribution in [1.82, 2.24) is 5.32 Å². The fraction of sp³-hybridized carbons (Fsp3) is 0.455. The van der Waals surface area contributed by atoms with E-state index in [4.69, 9.17) is 0 Å². The highest BCUT2D eigenvalue weighted by Gasteiger charge is 2.29. The molecule has 1 aliphatic rings. The number of benzene rings is 1. The molecule has 1 nitrogen and oxygen atoms in total. The van der Waals surface area contributed by atoms with Gasteiger partial charge in [0.1, 0.15) is 0 Å². The minimum atomic E-state index is -4.27. The number of hydrogen-bond acceptors (Lipinski definition) is 2. The largest absolute Gasteiger partial charge is 0.416 e. The molecule has 1 aliphatic heterocycles. The summed E-state index contributed by atoms with van der Waals surface area (Å²) in [5.41, 5.74) is -0.662. The third-order valence-electron chi connectivity index (χ3n) is 2.13. The van der Waals surface area contributed by atoms with Crippen molar-refractivity contribution in [2.24, 2.45) is 0 Å². The predicted molar refractivity (Wildman–Crippen MR) is 60.8 cm³/mol. The number of alkyl halides is 3. The normalized spacial score (nSPS) is 15.5. The SMILES string of the molecule is C1CCNC1.FC(F)(F)c1cccc(S)c1. The quantitative estimate of drug-likeness (QED) is 0.672. The Bertz CT molecular complexity index is 314. The van der Waals surface area contributed by atoms with E-state index in [1.54, 1.807) is 0 Å². The molecule has 1 fully saturated rings. The number of halogens is 3. The van der Waals surface area contributed by atoms with Crippen LogP contribution in [0.15, 0.2) is 29.2 Å². The van der Waals surface area contributed by atoms with E-state index in [-0.39, 0.29) is 0 Å². The molecule has 0 atom stereocenters. The van der Waals surface area contributed by atoms with E-state index in [9.17, 15) is 13.2 Å². The number of rotatable bonds is 0. The Kier molecular flexibility index (Phi) is 5.15. The van der Waals surface area contributed by atoms with Crippen molar-refractivity contribution in [3.05, 3.63) is 29.8 Å². The van der Waals surface area contributed by atoms with Gasteiger partial charge in [0.25, 0.3) is 0 Å². The summed E-state index contributed by atoms with van der Waals surface area (Å²) >= 11 is 3.79. The summed E-state index contributed by atoms with van der Waals surface area (Å²) in [6.45, 7) is 2.50. The topological polar surface area (TPSA) is 12.0 Å². The van der Waals surface area contributed by atoms with Crippen molar-refractivity contribution in [2.45, 2.75) is 23.9 Å². The van der Waals surface area contributed by atoms with Gasteiger partial charge in [-0.25, -0.2) is 0 Å². The van der Waals surface area contributed by atoms with Gasteiger partial charge in [-0.1, -0.05) is 6.07 Å². The van der Waals surface area contributed by atoms with E-state index in [0.29, 0.717) is 4.90 Å². The first-order valence-corrected chi connectivity index (χ1v) is 5.52. The van der Waals surface area contributed by atoms with Gasteiger partial charge in [0.2, 0.25) is 0 Å². The summed E-state index contributed by atoms with van der Waals surface area (Å²) in [5.74, 6) is 0. The molecule has 1 aromatic rings. The molecular weight excluding hydrogens is 235 g/mol. The predicted octanol–water partition coefficient (Wildman–Crippen LogP) is 3.36. The maximum atomic E-state index is 11.9. The Hall–Kier alpha value is -0.680. The van der Waals surface area contributed by atoms with E-state index < -0.39 is 11.7 Å². The monoisotopic (exact) mass is 249 g/mol. The molecular formula is C11H14F3NS. The van der Waals surface area contributed by atoms with Crippen LogP contribution in [0.25, 0.3) is 0 Å². The molecule has 0 spiro atoms. The molecule has 1 aromatic carbocycles. The van der Waals surface area contributed by atoms with Gasteiger partial charge < -0.3 is 5.32 Å². The number of thiol groups is 1. The van der Waals surface area contributed by atoms with Gasteiger partial charge in [-0.15, -0.1) is 12.6 Å². The van der Waals surface area contributed by atoms with Crippen LogP contribution in [0.5, 0.6) is 0 Å². The lowest BCUT2D eigenvalue weighted by Gasteiger charge is -2.05. The lowest BCUT2D eigenvalue weighted by atomic mass is 10.2. The lowest BCUT2D eigenvalue weighted by molar-refractivity contribution is -0.137. The first kappa shape index (κ1) is 13.4. The summed E-state index contributed by atoms with van der Waals surface area (Å²) in [7, 11) is 0. The summed E-state index contributed by atoms with van der Waals surface area (Å²) in [6, 6.07) is 4.83. The molecule has 2 rings (SSSR count). The van der Waals surface area contributed by atoms with Crippen LogP contribution in [0.1, 0.15) is 18.4 Å². The van der Waals surface area contributed by atoms with Gasteiger partial charge in [-0.2, -0.15) is 13.2 Å². The minimum Gasteiger partial charge on any atom is -0.317 e. The maximum Gasteiger partial charge on any atom is 0.416 e. The van der Waals surface area contributed by atoms with Crippen LogP contribution in [0.2, 0.25) is 0 Å². The van der Waals surface area contributed by atoms with E-state index in [2.05, 4.69) is 17.9 Å². The summed E-state index contributed by atoms with van der Waals surface area (Å²) in [4.78, 5) is 0.319. The van der Waals surface area contributed by atoms with Crippen molar-refractivity contribution in [2.75, 3.05) is 13.1 Å². The number of nitrogens with one attached hydrogen (secondary N) is 1. The van der Waals surface area contributed by atoms with Gasteiger partial charge in [0.15, 0.2) is 0 Å². The molecule has 0 amide bonds. The molecule has 90 valence electrons. The lowest BCUT2D eigenvalue weighted by Crippen LogP contribution is -2.03. The van der Waals surface area contributed by atoms with Gasteiger partial charge in [-0.3, -0.25) is 0 Å². The van der Waals surface area contributed by atoms with Crippen molar-refractivity contribution < 1.29 is 13.2 Å². The van der Waals surface area contributed by atoms with Crippen molar-refractivity contribution in [3.63, 3.8) is 0 Å². The van der Waals surface area contributed by atoms with Gasteiger partial charge >= 0.3 is 6.18 Å². The second-order valence-corrected chi connectivity index (χ2v) is 4.02. The number of hydrogen-bond donors (Lipinski definition) is 2. The molecule has 5 heteroatoms. The second kappa shape index (κ2) is 6.15. The molecule has 1 saturated heterocycles. The highest BCUT2D eigenvalue weighted by molar-refractivity contribution is 7.80. The molecule has 0 aliphatic carbocycles. The molecule has 16 heavy (non-hydrogen) atoms. The molecule has 0 saturated carbocycles. The fourth-order valence-electron chi connectivity index (χ4n) is 1.31. The van der Waals surface area contributed by atoms with Gasteiger partial charge in [0.05, 0.1) is 5.56 Å². The molecule has 0 radical (unpaired) electrons. The average Bonchev–Trinajstić information content (AvgIpc) is 2.74. The zero-order valence-electron chi connectivity index (χ0n) is 8.72. The minimum absolute atomic E-state index is 0.319. The molecule has 0 bridgehead atoms. The van der Waals surface area contributed by atoms with Crippen LogP contribution >= 0.6 is 12.6 Å². The highest BCUT2D eigenvalue weighted by atomic mass is 32.1. The summed E-state index contributed by atoms with van der Waals surface area (Å²) in [6.07, 6.45) is -1.49. The Morgan fingerprint density at radius 3 is 2.06 bits per heavy atom. The molecule has 1 N–H and O–H groups in total. The third-order valence-corrected chi connectivity index (χ3v) is 2.41. The van der Waals surface area contributed by atoms with Crippen LogP contribution in [0.4, 0.5) is 13.2 Å². The Morgan fingerprint density at radius 2 is 1.75 bits per heavy atom. The maximum absolute atomic E-state index is 11.9. The fourth-order valence-corrected chi connectivity index (χ4v) is 1.53. The zero-order valence-corrected chi connectivity index (χ0v) is 9.61. The van der Waals surface area contributed by atoms with E-state index in [1.807, 2.05) is 0 Å². The molecule has 0 unspecified atom stereocenters. The van der Waals surface area contributed by atoms with Gasteiger partial charge in [-0.05, 0) is 44.1 Å². The van der Waals surface area contributed by atoms with E-state index >= 15 is 0 Å². The smallest absolute Gasteiger partial charge is 0.317 e. The Labute approximate surface area is 98.5 Å². The van der Waals surface area contributed by atoms with Crippen LogP contribution < -0.4 is 5.32 Å². The second-order valence-electron chi connectivity index (χ2n) is 3.51. The van der Waals surface area contributed by atoms with E-state index in [1.165, 1.54) is 38.1 Å². The standard InChI is InChI=1S/C7H5F3S.C4H9N/c8-7(9,10)5-2-1-3-6(11)4-5;1-2-4-5-3-1/h1-4,11H;5H,1-4H2. The zero-order chi connectivity index (χ0) is 12.0. The third kappa shape index (κ3) is 4.90. The van der Waals surface area contributed by atoms with Gasteiger partial charge in [0, 0.05) is 4.90 Å². The van der Waals surface area contributed by atoms with E-state index in [0.717, 1.165) is 12.1 Å². The van der Waals surface area contributed by atoms with Crippen LogP contribution in [-0.4, -0.2) is 13.1 Å². The Morgan fingerprint density at radius 1 is 1.12 bits per heavy atom. The van der Waals surface area contributed by atoms with Crippen molar-refractivity contribution in [3.8, 4) is 0 Å². The van der Waals surface area contributed by atoms with Crippen LogP contribution in [0, 0.1) is 0 Å². The van der Waals surface area contributed by atoms with Crippen molar-refractivity contribution in [1.29, 1.82) is 0 Å². The summed E-state index contributed by atoms with van der Waals surface area (Å²) in [5, 5.41) is 3.22. The summed E-state index contributed by atoms with van der Waals surface area (Å²) < 4.78 is 35.8. The van der Waals surface area contributed by atoms with Crippen LogP contribution in [0.3, 0.4) is 0 Å². The van der Waals surface area contributed by atoms with Crippen LogP contribution in [-0.2, 0) is 6.18 Å². The average molecular weight is 249 g/mol. The molecule has 1 heterocycles. The first-order chi connectivity index (χ1) is 7.50. The highest BCUT2D eigenvalue weighted by Crippen LogP contribution is 2.29.